The molecule has 73 heavy (non-hydrogen) atoms. The first-order chi connectivity index (χ1) is 35.5. The van der Waals surface area contributed by atoms with Gasteiger partial charge in [-0.3, -0.25) is 14.7 Å². The summed E-state index contributed by atoms with van der Waals surface area (Å²) in [5.41, 5.74) is 4.50. The first-order valence-corrected chi connectivity index (χ1v) is 24.8. The summed E-state index contributed by atoms with van der Waals surface area (Å²) in [7, 11) is 0. The van der Waals surface area contributed by atoms with E-state index in [9.17, 15) is 61.0 Å². The zero-order valence-corrected chi connectivity index (χ0v) is 41.7. The maximum atomic E-state index is 11.1. The van der Waals surface area contributed by atoms with Crippen molar-refractivity contribution in [2.24, 2.45) is 0 Å². The van der Waals surface area contributed by atoms with Gasteiger partial charge in [-0.05, 0) is 70.6 Å². The third kappa shape index (κ3) is 21.6. The van der Waals surface area contributed by atoms with Crippen LogP contribution in [0.15, 0.2) is 109 Å². The van der Waals surface area contributed by atoms with Gasteiger partial charge in [0.05, 0.1) is 58.9 Å². The van der Waals surface area contributed by atoms with Gasteiger partial charge in [-0.2, -0.15) is 0 Å². The lowest BCUT2D eigenvalue weighted by Crippen LogP contribution is -2.38. The van der Waals surface area contributed by atoms with E-state index >= 15 is 0 Å². The number of ether oxygens (including phenoxy) is 3. The monoisotopic (exact) mass is 1020 g/mol. The molecule has 0 amide bonds. The van der Waals surface area contributed by atoms with Crippen LogP contribution in [0.2, 0.25) is 0 Å². The van der Waals surface area contributed by atoms with Gasteiger partial charge < -0.3 is 80.1 Å². The predicted molar refractivity (Wildman–Crippen MR) is 275 cm³/mol. The van der Waals surface area contributed by atoms with Crippen LogP contribution in [0.3, 0.4) is 0 Å². The largest absolute Gasteiger partial charge is 0.507 e. The molecule has 0 saturated carbocycles. The van der Waals surface area contributed by atoms with Crippen LogP contribution in [0.25, 0.3) is 0 Å². The minimum absolute atomic E-state index is 0.0288. The molecule has 0 aliphatic rings. The maximum Gasteiger partial charge on any atom is 0.146 e. The summed E-state index contributed by atoms with van der Waals surface area (Å²) < 4.78 is 18.0. The molecule has 4 aromatic rings. The van der Waals surface area contributed by atoms with Gasteiger partial charge in [-0.25, -0.2) is 0 Å². The number of carbonyl (C=O) groups is 1. The maximum absolute atomic E-state index is 11.1. The van der Waals surface area contributed by atoms with Crippen LogP contribution in [0.4, 0.5) is 0 Å². The molecule has 0 aliphatic carbocycles. The van der Waals surface area contributed by atoms with Crippen molar-refractivity contribution in [2.45, 2.75) is 36.6 Å². The molecule has 0 aliphatic heterocycles. The van der Waals surface area contributed by atoms with Crippen LogP contribution in [0, 0.1) is 0 Å². The molecule has 0 aromatic heterocycles. The minimum Gasteiger partial charge on any atom is -0.507 e. The highest BCUT2D eigenvalue weighted by atomic mass is 16.5. The third-order valence-electron chi connectivity index (χ3n) is 12.1. The Morgan fingerprint density at radius 2 is 0.795 bits per heavy atom. The van der Waals surface area contributed by atoms with E-state index < -0.39 is 18.3 Å². The number of carbonyl (C=O) groups excluding carboxylic acids is 1. The fourth-order valence-corrected chi connectivity index (χ4v) is 8.61. The molecule has 0 bridgehead atoms. The molecule has 404 valence electrons. The Morgan fingerprint density at radius 3 is 1.18 bits per heavy atom. The van der Waals surface area contributed by atoms with Gasteiger partial charge in [0.2, 0.25) is 0 Å². The first-order valence-electron chi connectivity index (χ1n) is 24.8. The number of hydrogen-bond acceptors (Lipinski definition) is 19. The molecule has 4 rings (SSSR count). The van der Waals surface area contributed by atoms with Crippen LogP contribution in [0.1, 0.15) is 39.7 Å². The van der Waals surface area contributed by atoms with Crippen molar-refractivity contribution in [1.82, 2.24) is 19.6 Å². The molecule has 19 heteroatoms. The zero-order chi connectivity index (χ0) is 52.8. The number of hydrogen-bond donors (Lipinski definition) is 11. The topological polar surface area (TPSA) is 280 Å². The molecule has 5 atom stereocenters. The van der Waals surface area contributed by atoms with E-state index in [-0.39, 0.29) is 129 Å². The average Bonchev–Trinajstić information content (AvgIpc) is 3.37. The van der Waals surface area contributed by atoms with Gasteiger partial charge in [0.1, 0.15) is 61.3 Å². The molecule has 19 nitrogen and oxygen atoms in total. The smallest absolute Gasteiger partial charge is 0.146 e. The Bertz CT molecular complexity index is 2080. The first kappa shape index (κ1) is 60.3. The van der Waals surface area contributed by atoms with Gasteiger partial charge in [-0.1, -0.05) is 60.7 Å². The van der Waals surface area contributed by atoms with Gasteiger partial charge in [0.15, 0.2) is 0 Å². The van der Waals surface area contributed by atoms with Crippen molar-refractivity contribution >= 4 is 6.29 Å². The highest BCUT2D eigenvalue weighted by Crippen LogP contribution is 2.44. The van der Waals surface area contributed by atoms with Crippen molar-refractivity contribution in [3.05, 3.63) is 137 Å². The molecule has 0 spiro atoms. The van der Waals surface area contributed by atoms with Gasteiger partial charge >= 0.3 is 0 Å². The van der Waals surface area contributed by atoms with Crippen LogP contribution < -0.4 is 14.2 Å². The molecular formula is C54H78N4O15. The highest BCUT2D eigenvalue weighted by molar-refractivity contribution is 5.52. The van der Waals surface area contributed by atoms with Crippen LogP contribution in [0.5, 0.6) is 17.2 Å². The number of benzene rings is 4. The Balaban J connectivity index is 1.74. The van der Waals surface area contributed by atoms with Crippen LogP contribution in [-0.2, 0) is 11.2 Å². The number of aliphatic hydroxyl groups is 11. The van der Waals surface area contributed by atoms with E-state index in [1.807, 2.05) is 97.1 Å². The summed E-state index contributed by atoms with van der Waals surface area (Å²) in [5.74, 6) is 0.651. The zero-order valence-electron chi connectivity index (χ0n) is 41.7. The lowest BCUT2D eigenvalue weighted by atomic mass is 9.73. The fraction of sp³-hybridized carbons (Fsp3) is 0.500. The van der Waals surface area contributed by atoms with E-state index in [1.165, 1.54) is 6.20 Å². The Morgan fingerprint density at radius 1 is 0.452 bits per heavy atom. The number of aliphatic hydroxyl groups excluding tert-OH is 11. The fourth-order valence-electron chi connectivity index (χ4n) is 8.61. The molecule has 11 N–H and O–H groups in total. The molecule has 4 aromatic carbocycles. The summed E-state index contributed by atoms with van der Waals surface area (Å²) in [6.45, 7) is 1.40. The number of rotatable bonds is 39. The van der Waals surface area contributed by atoms with Crippen molar-refractivity contribution in [1.29, 1.82) is 0 Å². The molecule has 0 fully saturated rings. The second-order valence-electron chi connectivity index (χ2n) is 17.7. The van der Waals surface area contributed by atoms with Crippen molar-refractivity contribution < 1.29 is 75.2 Å². The van der Waals surface area contributed by atoms with Crippen LogP contribution >= 0.6 is 0 Å². The summed E-state index contributed by atoms with van der Waals surface area (Å²) in [5, 5.41) is 109. The van der Waals surface area contributed by atoms with E-state index in [0.717, 1.165) is 27.8 Å². The Kier molecular flexibility index (Phi) is 28.3. The molecular weight excluding hydrogens is 945 g/mol. The Labute approximate surface area is 428 Å². The molecule has 0 saturated heterocycles. The quantitative estimate of drug-likeness (QED) is 0.0210. The second-order valence-corrected chi connectivity index (χ2v) is 17.7. The average molecular weight is 1020 g/mol. The molecule has 0 heterocycles. The number of aldehydes is 1. The molecule has 5 unspecified atom stereocenters. The SMILES string of the molecule is O=CCN(CCO)CC(O)COc1ccc(C(c2ccc(OCC(O)CN(CCO)CCO)cc2)C(c2ccc(CC(O)CN(CCO)CCO)cc2)c2ccc(OC/C(O)=C/N(CCO)CCO)cc2)cc1. The lowest BCUT2D eigenvalue weighted by Gasteiger charge is -2.30. The molecule has 0 radical (unpaired) electrons. The summed E-state index contributed by atoms with van der Waals surface area (Å²) >= 11 is 0. The third-order valence-corrected chi connectivity index (χ3v) is 12.1. The van der Waals surface area contributed by atoms with E-state index in [1.54, 1.807) is 19.6 Å². The predicted octanol–water partition coefficient (Wildman–Crippen LogP) is 0.165. The normalized spacial score (nSPS) is 14.0. The summed E-state index contributed by atoms with van der Waals surface area (Å²) in [6.07, 6.45) is -0.121. The van der Waals surface area contributed by atoms with Gasteiger partial charge in [0, 0.05) is 83.5 Å². The standard InChI is InChI=1S/C54H78N4O15/c59-25-17-55(18-26-60)34-46(67)33-41-1-3-42(4-2-41)53(43-5-11-50(12-6-43)71-38-47(68)35-56(19-27-61)20-28-62)54(44-7-13-51(14-8-44)72-39-48(69)36-57(21-29-63)22-30-64)45-9-15-52(16-10-45)73-40-49(70)37-58(23-31-65)24-32-66/h1-16,29,35,46,48-49,53-54,59-62,64-70H,17-28,30-34,36-40H2/b47-35-. The summed E-state index contributed by atoms with van der Waals surface area (Å²) in [4.78, 5) is 17.9. The van der Waals surface area contributed by atoms with E-state index in [4.69, 9.17) is 14.2 Å². The van der Waals surface area contributed by atoms with Crippen LogP contribution in [-0.4, -0.2) is 238 Å². The Hall–Kier alpha value is -5.23. The van der Waals surface area contributed by atoms with Crippen molar-refractivity contribution in [3.63, 3.8) is 0 Å². The van der Waals surface area contributed by atoms with Gasteiger partial charge in [0.25, 0.3) is 0 Å². The second kappa shape index (κ2) is 34.3. The van der Waals surface area contributed by atoms with E-state index in [2.05, 4.69) is 0 Å². The van der Waals surface area contributed by atoms with Crippen molar-refractivity contribution in [2.75, 3.05) is 138 Å². The van der Waals surface area contributed by atoms with Crippen molar-refractivity contribution in [3.8, 4) is 17.2 Å². The van der Waals surface area contributed by atoms with Gasteiger partial charge in [-0.15, -0.1) is 0 Å². The highest BCUT2D eigenvalue weighted by Gasteiger charge is 2.29. The number of nitrogens with zero attached hydrogens (tertiary/aromatic N) is 4. The van der Waals surface area contributed by atoms with E-state index in [0.29, 0.717) is 56.1 Å². The lowest BCUT2D eigenvalue weighted by molar-refractivity contribution is -0.109. The minimum atomic E-state index is -0.937. The summed E-state index contributed by atoms with van der Waals surface area (Å²) in [6, 6.07) is 30.6.